The molecule has 1 atom stereocenters. The Morgan fingerprint density at radius 1 is 1.24 bits per heavy atom. The number of carboxylic acid groups (broad SMARTS) is 1. The topological polar surface area (TPSA) is 66.8 Å². The summed E-state index contributed by atoms with van der Waals surface area (Å²) < 4.78 is 5.23. The molecular weight excluding hydrogens is 220 g/mol. The van der Waals surface area contributed by atoms with E-state index in [1.807, 2.05) is 13.0 Å². The van der Waals surface area contributed by atoms with Crippen molar-refractivity contribution in [2.75, 3.05) is 13.2 Å². The fourth-order valence-electron chi connectivity index (χ4n) is 1.41. The van der Waals surface area contributed by atoms with Crippen LogP contribution < -0.4 is 0 Å². The van der Waals surface area contributed by atoms with Crippen LogP contribution in [0.2, 0.25) is 0 Å². The normalized spacial score (nSPS) is 13.1. The fourth-order valence-corrected chi connectivity index (χ4v) is 1.41. The zero-order valence-corrected chi connectivity index (χ0v) is 10.6. The molecule has 1 unspecified atom stereocenters. The number of aliphatic carboxylic acids is 1. The molecule has 0 fully saturated rings. The first kappa shape index (κ1) is 16.1. The van der Waals surface area contributed by atoms with E-state index in [0.717, 1.165) is 32.5 Å². The number of aliphatic hydroxyl groups excluding tert-OH is 1. The number of ether oxygens (including phenoxy) is 1. The van der Waals surface area contributed by atoms with Crippen LogP contribution in [0.15, 0.2) is 12.2 Å². The van der Waals surface area contributed by atoms with Crippen LogP contribution >= 0.6 is 0 Å². The van der Waals surface area contributed by atoms with Crippen molar-refractivity contribution in [1.29, 1.82) is 0 Å². The summed E-state index contributed by atoms with van der Waals surface area (Å²) in [7, 11) is 0. The molecule has 0 aliphatic heterocycles. The Morgan fingerprint density at radius 3 is 2.59 bits per heavy atom. The summed E-state index contributed by atoms with van der Waals surface area (Å²) in [5.74, 6) is -1.16. The number of aliphatic hydroxyl groups is 1. The summed E-state index contributed by atoms with van der Waals surface area (Å²) in [5.41, 5.74) is 0. The van der Waals surface area contributed by atoms with Gasteiger partial charge >= 0.3 is 5.97 Å². The molecule has 0 amide bonds. The van der Waals surface area contributed by atoms with Crippen molar-refractivity contribution in [2.24, 2.45) is 0 Å². The minimum atomic E-state index is -1.27. The van der Waals surface area contributed by atoms with E-state index in [-0.39, 0.29) is 6.42 Å². The molecular formula is C13H24O4. The smallest absolute Gasteiger partial charge is 0.332 e. The van der Waals surface area contributed by atoms with Gasteiger partial charge in [0.15, 0.2) is 6.10 Å². The number of carbonyl (C=O) groups is 1. The van der Waals surface area contributed by atoms with Crippen LogP contribution in [0.1, 0.15) is 45.4 Å². The van der Waals surface area contributed by atoms with Gasteiger partial charge in [-0.2, -0.15) is 0 Å². The standard InChI is InChI=1S/C13H24O4/c1-2-17-11-9-7-5-3-4-6-8-10-12(14)13(15)16/h6,8,12,14H,2-5,7,9-11H2,1H3,(H,15,16). The number of rotatable bonds is 11. The lowest BCUT2D eigenvalue weighted by Gasteiger charge is -2.01. The highest BCUT2D eigenvalue weighted by Crippen LogP contribution is 2.04. The van der Waals surface area contributed by atoms with E-state index in [1.165, 1.54) is 12.8 Å². The first-order chi connectivity index (χ1) is 8.18. The van der Waals surface area contributed by atoms with E-state index >= 15 is 0 Å². The largest absolute Gasteiger partial charge is 0.479 e. The summed E-state index contributed by atoms with van der Waals surface area (Å²) >= 11 is 0. The van der Waals surface area contributed by atoms with Crippen molar-refractivity contribution in [3.8, 4) is 0 Å². The highest BCUT2D eigenvalue weighted by Gasteiger charge is 2.09. The number of hydrogen-bond acceptors (Lipinski definition) is 3. The summed E-state index contributed by atoms with van der Waals surface area (Å²) in [6, 6.07) is 0. The third-order valence-electron chi connectivity index (χ3n) is 2.42. The zero-order valence-electron chi connectivity index (χ0n) is 10.6. The maximum atomic E-state index is 10.3. The Bertz CT molecular complexity index is 213. The van der Waals surface area contributed by atoms with Crippen molar-refractivity contribution < 1.29 is 19.7 Å². The van der Waals surface area contributed by atoms with Gasteiger partial charge in [0, 0.05) is 19.6 Å². The maximum Gasteiger partial charge on any atom is 0.332 e. The van der Waals surface area contributed by atoms with Gasteiger partial charge in [-0.05, 0) is 26.2 Å². The first-order valence-corrected chi connectivity index (χ1v) is 6.32. The maximum absolute atomic E-state index is 10.3. The van der Waals surface area contributed by atoms with Crippen LogP contribution in [0.25, 0.3) is 0 Å². The molecule has 100 valence electrons. The quantitative estimate of drug-likeness (QED) is 0.432. The van der Waals surface area contributed by atoms with Gasteiger partial charge in [-0.25, -0.2) is 4.79 Å². The van der Waals surface area contributed by atoms with E-state index in [1.54, 1.807) is 6.08 Å². The van der Waals surface area contributed by atoms with E-state index in [0.29, 0.717) is 0 Å². The highest BCUT2D eigenvalue weighted by atomic mass is 16.5. The Kier molecular flexibility index (Phi) is 11.0. The van der Waals surface area contributed by atoms with Crippen molar-refractivity contribution in [3.05, 3.63) is 12.2 Å². The molecule has 0 aromatic rings. The summed E-state index contributed by atoms with van der Waals surface area (Å²) in [4.78, 5) is 10.3. The van der Waals surface area contributed by atoms with Crippen molar-refractivity contribution >= 4 is 5.97 Å². The van der Waals surface area contributed by atoms with Gasteiger partial charge in [0.1, 0.15) is 0 Å². The van der Waals surface area contributed by atoms with Crippen LogP contribution in [0.5, 0.6) is 0 Å². The summed E-state index contributed by atoms with van der Waals surface area (Å²) in [6.07, 6.45) is 8.09. The molecule has 0 aromatic carbocycles. The molecule has 0 aliphatic rings. The molecule has 17 heavy (non-hydrogen) atoms. The minimum absolute atomic E-state index is 0.194. The second-order valence-corrected chi connectivity index (χ2v) is 3.96. The summed E-state index contributed by atoms with van der Waals surface area (Å²) in [5, 5.41) is 17.4. The Labute approximate surface area is 103 Å². The van der Waals surface area contributed by atoms with Crippen LogP contribution in [0.4, 0.5) is 0 Å². The van der Waals surface area contributed by atoms with Crippen LogP contribution in [0, 0.1) is 0 Å². The molecule has 0 saturated heterocycles. The second kappa shape index (κ2) is 11.6. The molecule has 0 saturated carbocycles. The van der Waals surface area contributed by atoms with Gasteiger partial charge in [-0.15, -0.1) is 0 Å². The lowest BCUT2D eigenvalue weighted by Crippen LogP contribution is -2.17. The lowest BCUT2D eigenvalue weighted by atomic mass is 10.1. The van der Waals surface area contributed by atoms with Gasteiger partial charge < -0.3 is 14.9 Å². The van der Waals surface area contributed by atoms with E-state index < -0.39 is 12.1 Å². The Morgan fingerprint density at radius 2 is 1.94 bits per heavy atom. The highest BCUT2D eigenvalue weighted by molar-refractivity contribution is 5.72. The molecule has 2 N–H and O–H groups in total. The van der Waals surface area contributed by atoms with Crippen molar-refractivity contribution in [3.63, 3.8) is 0 Å². The number of unbranched alkanes of at least 4 members (excludes halogenated alkanes) is 4. The van der Waals surface area contributed by atoms with E-state index in [4.69, 9.17) is 14.9 Å². The van der Waals surface area contributed by atoms with Gasteiger partial charge in [0.2, 0.25) is 0 Å². The third kappa shape index (κ3) is 11.4. The van der Waals surface area contributed by atoms with Crippen LogP contribution in [0.3, 0.4) is 0 Å². The van der Waals surface area contributed by atoms with Gasteiger partial charge in [0.25, 0.3) is 0 Å². The average Bonchev–Trinajstić information content (AvgIpc) is 2.31. The molecule has 0 aromatic heterocycles. The van der Waals surface area contributed by atoms with Crippen LogP contribution in [-0.4, -0.2) is 35.5 Å². The van der Waals surface area contributed by atoms with E-state index in [2.05, 4.69) is 0 Å². The molecule has 0 bridgehead atoms. The van der Waals surface area contributed by atoms with Crippen molar-refractivity contribution in [2.45, 2.75) is 51.6 Å². The van der Waals surface area contributed by atoms with E-state index in [9.17, 15) is 4.79 Å². The second-order valence-electron chi connectivity index (χ2n) is 3.96. The average molecular weight is 244 g/mol. The minimum Gasteiger partial charge on any atom is -0.479 e. The molecule has 0 aliphatic carbocycles. The SMILES string of the molecule is CCOCCCCCCC=CCC(O)C(=O)O. The van der Waals surface area contributed by atoms with Crippen molar-refractivity contribution in [1.82, 2.24) is 0 Å². The first-order valence-electron chi connectivity index (χ1n) is 6.32. The fraction of sp³-hybridized carbons (Fsp3) is 0.769. The molecule has 0 rings (SSSR count). The Balaban J connectivity index is 3.22. The molecule has 0 heterocycles. The molecule has 4 heteroatoms. The van der Waals surface area contributed by atoms with Gasteiger partial charge in [0.05, 0.1) is 0 Å². The molecule has 0 spiro atoms. The predicted molar refractivity (Wildman–Crippen MR) is 67.0 cm³/mol. The van der Waals surface area contributed by atoms with Crippen LogP contribution in [-0.2, 0) is 9.53 Å². The third-order valence-corrected chi connectivity index (χ3v) is 2.42. The molecule has 0 radical (unpaired) electrons. The Hall–Kier alpha value is -0.870. The number of allylic oxidation sites excluding steroid dienone is 1. The molecule has 4 nitrogen and oxygen atoms in total. The predicted octanol–water partition coefficient (Wildman–Crippen LogP) is 2.37. The monoisotopic (exact) mass is 244 g/mol. The summed E-state index contributed by atoms with van der Waals surface area (Å²) in [6.45, 7) is 3.63. The lowest BCUT2D eigenvalue weighted by molar-refractivity contribution is -0.146. The zero-order chi connectivity index (χ0) is 12.9. The number of carboxylic acids is 1. The van der Waals surface area contributed by atoms with Gasteiger partial charge in [-0.3, -0.25) is 0 Å². The number of hydrogen-bond donors (Lipinski definition) is 2. The van der Waals surface area contributed by atoms with Gasteiger partial charge in [-0.1, -0.05) is 25.0 Å².